The maximum atomic E-state index is 5.95. The summed E-state index contributed by atoms with van der Waals surface area (Å²) >= 11 is 11.9. The normalized spacial score (nSPS) is 12.9. The molecule has 14 heavy (non-hydrogen) atoms. The second-order valence-corrected chi connectivity index (χ2v) is 3.87. The van der Waals surface area contributed by atoms with Crippen molar-refractivity contribution in [2.45, 2.75) is 18.9 Å². The number of pyridine rings is 1. The molecule has 0 fully saturated rings. The minimum atomic E-state index is -0.165. The van der Waals surface area contributed by atoms with Gasteiger partial charge in [-0.1, -0.05) is 23.2 Å². The molecule has 0 unspecified atom stereocenters. The summed E-state index contributed by atoms with van der Waals surface area (Å²) in [6.45, 7) is 0.619. The van der Waals surface area contributed by atoms with Crippen LogP contribution in [-0.4, -0.2) is 11.5 Å². The van der Waals surface area contributed by atoms with Crippen molar-refractivity contribution in [2.75, 3.05) is 6.54 Å². The van der Waals surface area contributed by atoms with Crippen molar-refractivity contribution >= 4 is 23.2 Å². The summed E-state index contributed by atoms with van der Waals surface area (Å²) in [7, 11) is 0. The smallest absolute Gasteiger partial charge is 0.0651 e. The molecular formula is C9H13Cl2N3. The summed E-state index contributed by atoms with van der Waals surface area (Å²) in [6, 6.07) is -0.165. The third-order valence-electron chi connectivity index (χ3n) is 1.98. The molecule has 0 spiro atoms. The molecule has 1 aromatic heterocycles. The lowest BCUT2D eigenvalue weighted by Gasteiger charge is -2.14. The number of hydrogen-bond acceptors (Lipinski definition) is 3. The molecule has 1 rings (SSSR count). The summed E-state index contributed by atoms with van der Waals surface area (Å²) in [6.07, 6.45) is 4.73. The summed E-state index contributed by atoms with van der Waals surface area (Å²) in [5.74, 6) is 0. The summed E-state index contributed by atoms with van der Waals surface area (Å²) in [5.41, 5.74) is 12.1. The second-order valence-electron chi connectivity index (χ2n) is 3.05. The Balaban J connectivity index is 2.82. The maximum absolute atomic E-state index is 5.95. The van der Waals surface area contributed by atoms with Crippen LogP contribution in [0.2, 0.25) is 10.0 Å². The molecule has 0 amide bonds. The van der Waals surface area contributed by atoms with Gasteiger partial charge in [-0.15, -0.1) is 0 Å². The average Bonchev–Trinajstić information content (AvgIpc) is 2.14. The summed E-state index contributed by atoms with van der Waals surface area (Å²) < 4.78 is 0. The Kier molecular flexibility index (Phi) is 4.62. The zero-order valence-electron chi connectivity index (χ0n) is 7.71. The molecule has 5 heteroatoms. The van der Waals surface area contributed by atoms with E-state index in [4.69, 9.17) is 34.7 Å². The van der Waals surface area contributed by atoms with Gasteiger partial charge in [0.15, 0.2) is 0 Å². The highest BCUT2D eigenvalue weighted by molar-refractivity contribution is 6.35. The van der Waals surface area contributed by atoms with Gasteiger partial charge in [0.25, 0.3) is 0 Å². The van der Waals surface area contributed by atoms with Gasteiger partial charge >= 0.3 is 0 Å². The third kappa shape index (κ3) is 2.82. The molecule has 0 saturated heterocycles. The van der Waals surface area contributed by atoms with Crippen molar-refractivity contribution < 1.29 is 0 Å². The standard InChI is InChI=1S/C9H13Cl2N3/c10-6-4-14-5-7(11)9(6)8(13)2-1-3-12/h4-5,8H,1-3,12-13H2/t8-/m1/s1. The summed E-state index contributed by atoms with van der Waals surface area (Å²) in [4.78, 5) is 3.86. The monoisotopic (exact) mass is 233 g/mol. The van der Waals surface area contributed by atoms with Gasteiger partial charge in [0.1, 0.15) is 0 Å². The van der Waals surface area contributed by atoms with Crippen LogP contribution in [0.25, 0.3) is 0 Å². The molecular weight excluding hydrogens is 221 g/mol. The van der Waals surface area contributed by atoms with Gasteiger partial charge in [0.05, 0.1) is 10.0 Å². The van der Waals surface area contributed by atoms with E-state index in [1.54, 1.807) is 12.4 Å². The Morgan fingerprint density at radius 3 is 2.36 bits per heavy atom. The first-order chi connectivity index (χ1) is 6.66. The van der Waals surface area contributed by atoms with Gasteiger partial charge < -0.3 is 11.5 Å². The van der Waals surface area contributed by atoms with Gasteiger partial charge in [0.2, 0.25) is 0 Å². The van der Waals surface area contributed by atoms with E-state index in [2.05, 4.69) is 4.98 Å². The zero-order chi connectivity index (χ0) is 10.6. The van der Waals surface area contributed by atoms with E-state index in [0.717, 1.165) is 18.4 Å². The molecule has 3 nitrogen and oxygen atoms in total. The SMILES string of the molecule is NCCC[C@@H](N)c1c(Cl)cncc1Cl. The lowest BCUT2D eigenvalue weighted by Crippen LogP contribution is -2.13. The maximum Gasteiger partial charge on any atom is 0.0651 e. The largest absolute Gasteiger partial charge is 0.330 e. The quantitative estimate of drug-likeness (QED) is 0.838. The second kappa shape index (κ2) is 5.51. The Labute approximate surface area is 93.4 Å². The molecule has 1 aromatic rings. The zero-order valence-corrected chi connectivity index (χ0v) is 9.22. The topological polar surface area (TPSA) is 64.9 Å². The van der Waals surface area contributed by atoms with Gasteiger partial charge in [-0.3, -0.25) is 4.98 Å². The first-order valence-corrected chi connectivity index (χ1v) is 5.17. The van der Waals surface area contributed by atoms with Crippen molar-refractivity contribution in [1.82, 2.24) is 4.98 Å². The Hall–Kier alpha value is -0.350. The first-order valence-electron chi connectivity index (χ1n) is 4.41. The van der Waals surface area contributed by atoms with E-state index in [0.29, 0.717) is 16.6 Å². The highest BCUT2D eigenvalue weighted by Gasteiger charge is 2.13. The molecule has 0 aliphatic rings. The van der Waals surface area contributed by atoms with E-state index in [-0.39, 0.29) is 6.04 Å². The predicted octanol–water partition coefficient (Wildman–Crippen LogP) is 2.13. The van der Waals surface area contributed by atoms with Crippen LogP contribution in [0.4, 0.5) is 0 Å². The lowest BCUT2D eigenvalue weighted by atomic mass is 10.0. The fourth-order valence-electron chi connectivity index (χ4n) is 1.26. The number of hydrogen-bond donors (Lipinski definition) is 2. The minimum Gasteiger partial charge on any atom is -0.330 e. The van der Waals surface area contributed by atoms with Crippen molar-refractivity contribution in [3.8, 4) is 0 Å². The van der Waals surface area contributed by atoms with E-state index < -0.39 is 0 Å². The van der Waals surface area contributed by atoms with Gasteiger partial charge in [-0.05, 0) is 19.4 Å². The lowest BCUT2D eigenvalue weighted by molar-refractivity contribution is 0.617. The van der Waals surface area contributed by atoms with Crippen LogP contribution in [0.1, 0.15) is 24.4 Å². The molecule has 0 aliphatic heterocycles. The van der Waals surface area contributed by atoms with E-state index >= 15 is 0 Å². The van der Waals surface area contributed by atoms with Crippen LogP contribution in [0, 0.1) is 0 Å². The van der Waals surface area contributed by atoms with Crippen LogP contribution in [-0.2, 0) is 0 Å². The van der Waals surface area contributed by atoms with Crippen LogP contribution in [0.15, 0.2) is 12.4 Å². The van der Waals surface area contributed by atoms with E-state index in [9.17, 15) is 0 Å². The van der Waals surface area contributed by atoms with Crippen LogP contribution in [0.5, 0.6) is 0 Å². The van der Waals surface area contributed by atoms with Gasteiger partial charge in [0, 0.05) is 24.0 Å². The molecule has 1 heterocycles. The highest BCUT2D eigenvalue weighted by atomic mass is 35.5. The van der Waals surface area contributed by atoms with E-state index in [1.807, 2.05) is 0 Å². The molecule has 0 saturated carbocycles. The van der Waals surface area contributed by atoms with Crippen LogP contribution >= 0.6 is 23.2 Å². The number of nitrogens with zero attached hydrogens (tertiary/aromatic N) is 1. The molecule has 78 valence electrons. The van der Waals surface area contributed by atoms with E-state index in [1.165, 1.54) is 0 Å². The Bertz CT molecular complexity index is 284. The van der Waals surface area contributed by atoms with Crippen LogP contribution < -0.4 is 11.5 Å². The van der Waals surface area contributed by atoms with Crippen molar-refractivity contribution in [3.63, 3.8) is 0 Å². The first kappa shape index (κ1) is 11.7. The Morgan fingerprint density at radius 2 is 1.86 bits per heavy atom. The minimum absolute atomic E-state index is 0.165. The fourth-order valence-corrected chi connectivity index (χ4v) is 1.90. The fraction of sp³-hybridized carbons (Fsp3) is 0.444. The molecule has 0 aliphatic carbocycles. The van der Waals surface area contributed by atoms with Gasteiger partial charge in [-0.2, -0.15) is 0 Å². The van der Waals surface area contributed by atoms with Gasteiger partial charge in [-0.25, -0.2) is 0 Å². The Morgan fingerprint density at radius 1 is 1.29 bits per heavy atom. The van der Waals surface area contributed by atoms with Crippen LogP contribution in [0.3, 0.4) is 0 Å². The molecule has 0 radical (unpaired) electrons. The predicted molar refractivity (Wildman–Crippen MR) is 59.5 cm³/mol. The number of halogens is 2. The molecule has 4 N–H and O–H groups in total. The highest BCUT2D eigenvalue weighted by Crippen LogP contribution is 2.29. The van der Waals surface area contributed by atoms with Crippen molar-refractivity contribution in [1.29, 1.82) is 0 Å². The average molecular weight is 234 g/mol. The molecule has 0 aromatic carbocycles. The molecule has 0 bridgehead atoms. The summed E-state index contributed by atoms with van der Waals surface area (Å²) in [5, 5.41) is 1.03. The van der Waals surface area contributed by atoms with Crippen molar-refractivity contribution in [2.24, 2.45) is 11.5 Å². The number of aromatic nitrogens is 1. The third-order valence-corrected chi connectivity index (χ3v) is 2.58. The number of rotatable bonds is 4. The number of nitrogens with two attached hydrogens (primary N) is 2. The molecule has 1 atom stereocenters. The van der Waals surface area contributed by atoms with Crippen molar-refractivity contribution in [3.05, 3.63) is 28.0 Å².